The molecule has 0 saturated carbocycles. The third kappa shape index (κ3) is 4.18. The van der Waals surface area contributed by atoms with E-state index in [9.17, 15) is 9.59 Å². The first-order chi connectivity index (χ1) is 17.1. The van der Waals surface area contributed by atoms with Crippen molar-refractivity contribution in [1.82, 2.24) is 5.32 Å². The van der Waals surface area contributed by atoms with E-state index in [2.05, 4.69) is 10.6 Å². The van der Waals surface area contributed by atoms with Crippen LogP contribution in [0.3, 0.4) is 0 Å². The number of nitrogens with one attached hydrogen (secondary N) is 2. The van der Waals surface area contributed by atoms with Gasteiger partial charge in [-0.25, -0.2) is 4.79 Å². The van der Waals surface area contributed by atoms with E-state index >= 15 is 0 Å². The molecule has 0 saturated heterocycles. The second-order valence-corrected chi connectivity index (χ2v) is 8.82. The molecule has 2 atom stereocenters. The number of methoxy groups -OCH3 is 1. The minimum atomic E-state index is -0.654. The fourth-order valence-electron chi connectivity index (χ4n) is 5.04. The minimum Gasteiger partial charge on any atom is -0.496 e. The van der Waals surface area contributed by atoms with Crippen molar-refractivity contribution in [1.29, 1.82) is 0 Å². The fraction of sp³-hybridized carbons (Fsp3) is 0.286. The van der Waals surface area contributed by atoms with Crippen LogP contribution >= 0.6 is 0 Å². The predicted octanol–water partition coefficient (Wildman–Crippen LogP) is 5.78. The molecule has 35 heavy (non-hydrogen) atoms. The van der Waals surface area contributed by atoms with Gasteiger partial charge in [0.15, 0.2) is 5.78 Å². The van der Waals surface area contributed by atoms with Crippen molar-refractivity contribution in [2.75, 3.05) is 23.9 Å². The molecular formula is C28H29N3O4. The smallest absolute Gasteiger partial charge is 0.322 e. The molecule has 2 aromatic carbocycles. The summed E-state index contributed by atoms with van der Waals surface area (Å²) in [5, 5.41) is 6.54. The Hall–Kier alpha value is -4.00. The van der Waals surface area contributed by atoms with Gasteiger partial charge in [0.1, 0.15) is 11.5 Å². The number of ketones is 1. The summed E-state index contributed by atoms with van der Waals surface area (Å²) in [5.41, 5.74) is 3.63. The highest BCUT2D eigenvalue weighted by Gasteiger charge is 2.43. The van der Waals surface area contributed by atoms with Crippen LogP contribution in [0.2, 0.25) is 0 Å². The largest absolute Gasteiger partial charge is 0.496 e. The number of anilines is 2. The average Bonchev–Trinajstić information content (AvgIpc) is 3.37. The molecule has 0 unspecified atom stereocenters. The predicted molar refractivity (Wildman–Crippen MR) is 135 cm³/mol. The Balaban J connectivity index is 1.73. The van der Waals surface area contributed by atoms with Gasteiger partial charge in [0.2, 0.25) is 0 Å². The summed E-state index contributed by atoms with van der Waals surface area (Å²) in [7, 11) is 1.61. The number of carbonyl (C=O) groups excluding carboxylic acids is 2. The van der Waals surface area contributed by atoms with Gasteiger partial charge in [-0.3, -0.25) is 9.69 Å². The summed E-state index contributed by atoms with van der Waals surface area (Å²) >= 11 is 0. The number of furan rings is 1. The number of fused-ring (bicyclic) bond motifs is 1. The number of rotatable bonds is 5. The number of Topliss-reactive ketones (excluding diaryl/α,β-unsaturated/α-hetero) is 1. The second-order valence-electron chi connectivity index (χ2n) is 8.82. The molecule has 0 radical (unpaired) electrons. The van der Waals surface area contributed by atoms with E-state index in [1.54, 1.807) is 18.3 Å². The van der Waals surface area contributed by atoms with Crippen molar-refractivity contribution in [2.45, 2.75) is 38.1 Å². The molecule has 2 N–H and O–H groups in total. The van der Waals surface area contributed by atoms with E-state index < -0.39 is 6.04 Å². The topological polar surface area (TPSA) is 83.8 Å². The van der Waals surface area contributed by atoms with Crippen LogP contribution in [0.15, 0.2) is 82.6 Å². The molecule has 2 heterocycles. The normalized spacial score (nSPS) is 19.4. The number of amides is 2. The van der Waals surface area contributed by atoms with Gasteiger partial charge in [0.05, 0.1) is 30.8 Å². The molecule has 1 aliphatic carbocycles. The minimum absolute atomic E-state index is 0.0165. The molecular weight excluding hydrogens is 442 g/mol. The monoisotopic (exact) mass is 471 g/mol. The number of allylic oxidation sites excluding steroid dienone is 1. The summed E-state index contributed by atoms with van der Waals surface area (Å²) < 4.78 is 11.4. The molecule has 0 bridgehead atoms. The summed E-state index contributed by atoms with van der Waals surface area (Å²) in [6.07, 6.45) is 3.34. The molecule has 7 nitrogen and oxygen atoms in total. The first kappa shape index (κ1) is 22.8. The fourth-order valence-corrected chi connectivity index (χ4v) is 5.04. The van der Waals surface area contributed by atoms with Gasteiger partial charge in [0, 0.05) is 35.7 Å². The van der Waals surface area contributed by atoms with E-state index in [1.807, 2.05) is 67.6 Å². The molecule has 3 aromatic rings. The van der Waals surface area contributed by atoms with Crippen molar-refractivity contribution in [3.63, 3.8) is 0 Å². The maximum atomic E-state index is 13.9. The molecule has 7 heteroatoms. The molecule has 1 aromatic heterocycles. The Labute approximate surface area is 204 Å². The van der Waals surface area contributed by atoms with Crippen LogP contribution in [-0.2, 0) is 4.79 Å². The standard InChI is InChI=1S/C28H29N3O4/c1-3-14-29-28(33)31-22-11-6-5-10-20(22)30-21-16-18(24-13-8-15-35-24)17-23(32)26(21)27(31)19-9-4-7-12-25(19)34-2/h4-13,15,18,27,30H,3,14,16-17H2,1-2H3,(H,29,33)/t18-,27+/m1/s1. The van der Waals surface area contributed by atoms with E-state index in [4.69, 9.17) is 9.15 Å². The highest BCUT2D eigenvalue weighted by molar-refractivity contribution is 6.06. The van der Waals surface area contributed by atoms with E-state index in [0.29, 0.717) is 36.4 Å². The van der Waals surface area contributed by atoms with Crippen LogP contribution in [0.4, 0.5) is 16.2 Å². The van der Waals surface area contributed by atoms with Crippen molar-refractivity contribution in [3.05, 3.63) is 89.5 Å². The van der Waals surface area contributed by atoms with E-state index in [-0.39, 0.29) is 17.7 Å². The number of urea groups is 1. The van der Waals surface area contributed by atoms with Crippen molar-refractivity contribution in [2.24, 2.45) is 0 Å². The van der Waals surface area contributed by atoms with Gasteiger partial charge >= 0.3 is 6.03 Å². The van der Waals surface area contributed by atoms with E-state index in [1.165, 1.54) is 0 Å². The highest BCUT2D eigenvalue weighted by atomic mass is 16.5. The van der Waals surface area contributed by atoms with Gasteiger partial charge in [-0.1, -0.05) is 37.3 Å². The van der Waals surface area contributed by atoms with Crippen LogP contribution in [0.1, 0.15) is 49.5 Å². The van der Waals surface area contributed by atoms with Crippen molar-refractivity contribution >= 4 is 23.2 Å². The lowest BCUT2D eigenvalue weighted by atomic mass is 9.80. The van der Waals surface area contributed by atoms with Gasteiger partial charge in [0.25, 0.3) is 0 Å². The SMILES string of the molecule is CCCNC(=O)N1c2ccccc2NC2=C(C(=O)C[C@H](c3ccco3)C2)[C@@H]1c1ccccc1OC. The van der Waals surface area contributed by atoms with Gasteiger partial charge < -0.3 is 19.8 Å². The first-order valence-electron chi connectivity index (χ1n) is 12.0. The zero-order valence-electron chi connectivity index (χ0n) is 19.9. The Bertz CT molecular complexity index is 1260. The molecule has 180 valence electrons. The number of hydrogen-bond donors (Lipinski definition) is 2. The lowest BCUT2D eigenvalue weighted by Gasteiger charge is -2.35. The number of hydrogen-bond acceptors (Lipinski definition) is 5. The molecule has 2 aliphatic rings. The third-order valence-corrected chi connectivity index (χ3v) is 6.61. The van der Waals surface area contributed by atoms with Gasteiger partial charge in [-0.15, -0.1) is 0 Å². The number of ether oxygens (including phenoxy) is 1. The third-order valence-electron chi connectivity index (χ3n) is 6.61. The first-order valence-corrected chi connectivity index (χ1v) is 12.0. The number of benzene rings is 2. The lowest BCUT2D eigenvalue weighted by molar-refractivity contribution is -0.116. The zero-order chi connectivity index (χ0) is 24.4. The number of para-hydroxylation sites is 3. The highest BCUT2D eigenvalue weighted by Crippen LogP contribution is 2.48. The Kier molecular flexibility index (Phi) is 6.31. The Morgan fingerprint density at radius 3 is 2.69 bits per heavy atom. The Morgan fingerprint density at radius 1 is 1.11 bits per heavy atom. The van der Waals surface area contributed by atoms with Crippen LogP contribution < -0.4 is 20.3 Å². The zero-order valence-corrected chi connectivity index (χ0v) is 19.9. The van der Waals surface area contributed by atoms with Gasteiger partial charge in [-0.2, -0.15) is 0 Å². The van der Waals surface area contributed by atoms with E-state index in [0.717, 1.165) is 29.1 Å². The van der Waals surface area contributed by atoms with Crippen LogP contribution in [0.25, 0.3) is 0 Å². The summed E-state index contributed by atoms with van der Waals surface area (Å²) in [5.74, 6) is 1.32. The summed E-state index contributed by atoms with van der Waals surface area (Å²) in [4.78, 5) is 29.2. The average molecular weight is 472 g/mol. The maximum Gasteiger partial charge on any atom is 0.322 e. The molecule has 5 rings (SSSR count). The number of carbonyl (C=O) groups is 2. The molecule has 0 fully saturated rings. The van der Waals surface area contributed by atoms with Crippen molar-refractivity contribution in [3.8, 4) is 5.75 Å². The molecule has 2 amide bonds. The molecule has 0 spiro atoms. The van der Waals surface area contributed by atoms with Gasteiger partial charge in [-0.05, 0) is 43.2 Å². The summed E-state index contributed by atoms with van der Waals surface area (Å²) in [6, 6.07) is 18.1. The second kappa shape index (κ2) is 9.70. The summed E-state index contributed by atoms with van der Waals surface area (Å²) in [6.45, 7) is 2.54. The van der Waals surface area contributed by atoms with Crippen molar-refractivity contribution < 1.29 is 18.7 Å². The quantitative estimate of drug-likeness (QED) is 0.493. The van der Waals surface area contributed by atoms with Crippen LogP contribution in [0, 0.1) is 0 Å². The lowest BCUT2D eigenvalue weighted by Crippen LogP contribution is -2.44. The molecule has 1 aliphatic heterocycles. The van der Waals surface area contributed by atoms with Crippen LogP contribution in [-0.4, -0.2) is 25.5 Å². The Morgan fingerprint density at radius 2 is 1.91 bits per heavy atom. The maximum absolute atomic E-state index is 13.9. The van der Waals surface area contributed by atoms with Crippen LogP contribution in [0.5, 0.6) is 5.75 Å². The number of nitrogens with zero attached hydrogens (tertiary/aromatic N) is 1.